The van der Waals surface area contributed by atoms with E-state index in [-0.39, 0.29) is 11.6 Å². The molecule has 0 radical (unpaired) electrons. The Morgan fingerprint density at radius 1 is 0.553 bits per heavy atom. The summed E-state index contributed by atoms with van der Waals surface area (Å²) < 4.78 is 4.52. The molecule has 0 atom stereocenters. The molecule has 38 heavy (non-hydrogen) atoms. The standard InChI is InChI=1S/C34H25N2O2/c37-33-27-9-1-2-10-28(27)34(38)30-21-24(13-14-29(30)33)22-35-18-15-23(16-19-35)17-20-36-31-11-5-3-7-25(31)26-8-4-6-12-32(26)36/h1-16,18-19,21H,17,20,22H2/q+1. The molecule has 0 saturated heterocycles. The number of hydrogen-bond acceptors (Lipinski definition) is 2. The summed E-state index contributed by atoms with van der Waals surface area (Å²) in [5.74, 6) is -0.163. The van der Waals surface area contributed by atoms with Crippen molar-refractivity contribution < 1.29 is 14.2 Å². The first kappa shape index (κ1) is 22.4. The molecular weight excluding hydrogens is 468 g/mol. The van der Waals surface area contributed by atoms with Gasteiger partial charge in [-0.05, 0) is 36.2 Å². The fourth-order valence-corrected chi connectivity index (χ4v) is 5.70. The molecule has 0 spiro atoms. The van der Waals surface area contributed by atoms with Gasteiger partial charge in [-0.15, -0.1) is 0 Å². The summed E-state index contributed by atoms with van der Waals surface area (Å²) in [5, 5.41) is 2.59. The lowest BCUT2D eigenvalue weighted by molar-refractivity contribution is -0.688. The van der Waals surface area contributed by atoms with Crippen LogP contribution in [0.2, 0.25) is 0 Å². The molecule has 182 valence electrons. The van der Waals surface area contributed by atoms with Crippen LogP contribution >= 0.6 is 0 Å². The number of aryl methyl sites for hydroxylation is 2. The molecule has 0 aliphatic heterocycles. The van der Waals surface area contributed by atoms with Crippen LogP contribution < -0.4 is 4.57 Å². The third-order valence-corrected chi connectivity index (χ3v) is 7.62. The van der Waals surface area contributed by atoms with Crippen LogP contribution in [0.15, 0.2) is 116 Å². The summed E-state index contributed by atoms with van der Waals surface area (Å²) in [6, 6.07) is 34.2. The molecule has 0 amide bonds. The Hall–Kier alpha value is -4.83. The van der Waals surface area contributed by atoms with Crippen molar-refractivity contribution in [2.75, 3.05) is 0 Å². The van der Waals surface area contributed by atoms with Gasteiger partial charge < -0.3 is 4.57 Å². The number of ketones is 2. The first-order chi connectivity index (χ1) is 18.7. The van der Waals surface area contributed by atoms with Gasteiger partial charge in [0.2, 0.25) is 0 Å². The quantitative estimate of drug-likeness (QED) is 0.270. The van der Waals surface area contributed by atoms with Crippen LogP contribution in [0.25, 0.3) is 21.8 Å². The average molecular weight is 494 g/mol. The van der Waals surface area contributed by atoms with E-state index in [1.54, 1.807) is 30.3 Å². The van der Waals surface area contributed by atoms with E-state index in [4.69, 9.17) is 0 Å². The molecule has 1 aliphatic rings. The summed E-state index contributed by atoms with van der Waals surface area (Å²) in [4.78, 5) is 26.0. The summed E-state index contributed by atoms with van der Waals surface area (Å²) in [6.07, 6.45) is 5.10. The predicted molar refractivity (Wildman–Crippen MR) is 149 cm³/mol. The lowest BCUT2D eigenvalue weighted by atomic mass is 9.83. The third-order valence-electron chi connectivity index (χ3n) is 7.62. The highest BCUT2D eigenvalue weighted by Gasteiger charge is 2.29. The van der Waals surface area contributed by atoms with Crippen LogP contribution in [-0.2, 0) is 19.5 Å². The maximum atomic E-state index is 13.1. The highest BCUT2D eigenvalue weighted by molar-refractivity contribution is 6.28. The monoisotopic (exact) mass is 493 g/mol. The minimum Gasteiger partial charge on any atom is -0.340 e. The number of benzene rings is 4. The smallest absolute Gasteiger partial charge is 0.194 e. The molecule has 0 fully saturated rings. The average Bonchev–Trinajstić information content (AvgIpc) is 3.29. The van der Waals surface area contributed by atoms with Crippen molar-refractivity contribution >= 4 is 33.4 Å². The maximum absolute atomic E-state index is 13.1. The Bertz CT molecular complexity index is 1830. The van der Waals surface area contributed by atoms with E-state index in [0.717, 1.165) is 18.5 Å². The topological polar surface area (TPSA) is 43.0 Å². The summed E-state index contributed by atoms with van der Waals surface area (Å²) in [5.41, 5.74) is 6.76. The van der Waals surface area contributed by atoms with Crippen molar-refractivity contribution in [3.05, 3.63) is 149 Å². The van der Waals surface area contributed by atoms with Crippen LogP contribution in [0.4, 0.5) is 0 Å². The van der Waals surface area contributed by atoms with E-state index in [1.165, 1.54) is 27.4 Å². The lowest BCUT2D eigenvalue weighted by Crippen LogP contribution is -2.33. The SMILES string of the molecule is O=C1c2ccccc2C(=O)c2cc(C[n+]3ccc(CCn4c5ccccc5c5ccccc54)cc3)ccc21. The number of rotatable bonds is 5. The summed E-state index contributed by atoms with van der Waals surface area (Å²) in [7, 11) is 0. The van der Waals surface area contributed by atoms with Gasteiger partial charge in [-0.2, -0.15) is 0 Å². The highest BCUT2D eigenvalue weighted by Crippen LogP contribution is 2.29. The van der Waals surface area contributed by atoms with Gasteiger partial charge in [0, 0.05) is 68.3 Å². The Morgan fingerprint density at radius 3 is 1.76 bits per heavy atom. The van der Waals surface area contributed by atoms with Crippen molar-refractivity contribution in [1.29, 1.82) is 0 Å². The Morgan fingerprint density at radius 2 is 1.11 bits per heavy atom. The van der Waals surface area contributed by atoms with E-state index < -0.39 is 0 Å². The first-order valence-electron chi connectivity index (χ1n) is 12.9. The van der Waals surface area contributed by atoms with Crippen LogP contribution in [0.1, 0.15) is 43.0 Å². The number of carbonyl (C=O) groups excluding carboxylic acids is 2. The summed E-state index contributed by atoms with van der Waals surface area (Å²) in [6.45, 7) is 1.53. The van der Waals surface area contributed by atoms with Crippen LogP contribution in [0.3, 0.4) is 0 Å². The number of hydrogen-bond donors (Lipinski definition) is 0. The van der Waals surface area contributed by atoms with Crippen LogP contribution in [0, 0.1) is 0 Å². The minimum atomic E-state index is -0.0815. The fraction of sp³-hybridized carbons (Fsp3) is 0.0882. The van der Waals surface area contributed by atoms with Crippen molar-refractivity contribution in [1.82, 2.24) is 4.57 Å². The van der Waals surface area contributed by atoms with Crippen LogP contribution in [0.5, 0.6) is 0 Å². The largest absolute Gasteiger partial charge is 0.340 e. The molecule has 4 nitrogen and oxygen atoms in total. The van der Waals surface area contributed by atoms with Crippen molar-refractivity contribution in [2.24, 2.45) is 0 Å². The second-order valence-corrected chi connectivity index (χ2v) is 9.90. The predicted octanol–water partition coefficient (Wildman–Crippen LogP) is 6.15. The maximum Gasteiger partial charge on any atom is 0.194 e. The zero-order chi connectivity index (χ0) is 25.6. The second-order valence-electron chi connectivity index (χ2n) is 9.90. The van der Waals surface area contributed by atoms with Gasteiger partial charge in [-0.25, -0.2) is 4.57 Å². The Labute approximate surface area is 220 Å². The Balaban J connectivity index is 1.10. The summed E-state index contributed by atoms with van der Waals surface area (Å²) >= 11 is 0. The van der Waals surface area contributed by atoms with Gasteiger partial charge >= 0.3 is 0 Å². The zero-order valence-electron chi connectivity index (χ0n) is 20.8. The van der Waals surface area contributed by atoms with Crippen molar-refractivity contribution in [3.8, 4) is 0 Å². The van der Waals surface area contributed by atoms with Gasteiger partial charge in [0.05, 0.1) is 0 Å². The number of nitrogens with zero attached hydrogens (tertiary/aromatic N) is 2. The van der Waals surface area contributed by atoms with E-state index in [0.29, 0.717) is 28.8 Å². The zero-order valence-corrected chi connectivity index (χ0v) is 20.8. The number of para-hydroxylation sites is 2. The molecule has 0 bridgehead atoms. The minimum absolute atomic E-state index is 0.0811. The Kier molecular flexibility index (Phi) is 5.26. The first-order valence-corrected chi connectivity index (χ1v) is 12.9. The van der Waals surface area contributed by atoms with Gasteiger partial charge in [-0.3, -0.25) is 9.59 Å². The molecule has 6 aromatic rings. The van der Waals surface area contributed by atoms with Gasteiger partial charge in [-0.1, -0.05) is 66.7 Å². The van der Waals surface area contributed by atoms with E-state index in [9.17, 15) is 9.59 Å². The number of aromatic nitrogens is 2. The van der Waals surface area contributed by atoms with Crippen molar-refractivity contribution in [2.45, 2.75) is 19.5 Å². The van der Waals surface area contributed by atoms with Gasteiger partial charge in [0.15, 0.2) is 30.5 Å². The molecule has 2 heterocycles. The van der Waals surface area contributed by atoms with E-state index >= 15 is 0 Å². The van der Waals surface area contributed by atoms with Crippen LogP contribution in [-0.4, -0.2) is 16.1 Å². The van der Waals surface area contributed by atoms with E-state index in [1.807, 2.05) is 12.1 Å². The third kappa shape index (κ3) is 3.65. The number of pyridine rings is 1. The molecule has 0 N–H and O–H groups in total. The normalized spacial score (nSPS) is 12.6. The molecule has 7 rings (SSSR count). The molecule has 4 heteroatoms. The number of carbonyl (C=O) groups is 2. The number of fused-ring (bicyclic) bond motifs is 5. The molecule has 1 aliphatic carbocycles. The highest BCUT2D eigenvalue weighted by atomic mass is 16.1. The molecular formula is C34H25N2O2+. The van der Waals surface area contributed by atoms with Gasteiger partial charge in [0.25, 0.3) is 0 Å². The molecule has 0 unspecified atom stereocenters. The lowest BCUT2D eigenvalue weighted by Gasteiger charge is -2.17. The molecule has 0 saturated carbocycles. The molecule has 2 aromatic heterocycles. The van der Waals surface area contributed by atoms with Crippen molar-refractivity contribution in [3.63, 3.8) is 0 Å². The fourth-order valence-electron chi connectivity index (χ4n) is 5.70. The molecule has 4 aromatic carbocycles. The van der Waals surface area contributed by atoms with Gasteiger partial charge in [0.1, 0.15) is 0 Å². The second kappa shape index (κ2) is 8.93. The van der Waals surface area contributed by atoms with E-state index in [2.05, 4.69) is 82.2 Å².